The van der Waals surface area contributed by atoms with E-state index in [1.807, 2.05) is 6.08 Å². The maximum atomic E-state index is 13.3. The van der Waals surface area contributed by atoms with Crippen LogP contribution in [0.4, 0.5) is 0 Å². The second kappa shape index (κ2) is 45.3. The molecule has 3 fully saturated rings. The second-order valence-corrected chi connectivity index (χ2v) is 21.8. The summed E-state index contributed by atoms with van der Waals surface area (Å²) in [6.07, 6.45) is 28.4. The summed E-state index contributed by atoms with van der Waals surface area (Å²) in [6, 6.07) is -0.992. The number of nitrogens with one attached hydrogen (secondary N) is 1. The van der Waals surface area contributed by atoms with Gasteiger partial charge in [0.2, 0.25) is 5.91 Å². The summed E-state index contributed by atoms with van der Waals surface area (Å²) >= 11 is 0. The van der Waals surface area contributed by atoms with Gasteiger partial charge >= 0.3 is 0 Å². The van der Waals surface area contributed by atoms with E-state index in [9.17, 15) is 61.0 Å². The lowest BCUT2D eigenvalue weighted by atomic mass is 9.96. The largest absolute Gasteiger partial charge is 0.394 e. The Hall–Kier alpha value is -3.03. The standard InChI is InChI=1S/C63H107NO18/c1-3-5-7-9-11-13-15-17-19-20-21-22-23-24-25-26-27-29-31-33-35-37-39-41-51(69)64-46(47(68)40-38-36-34-32-30-28-18-16-14-12-10-8-6-4-2)45-77-61-57(75)54(72)59(49(43-66)79-61)82-63-58(76)55(73)60(50(44-67)80-63)81-62-56(74)53(71)52(70)48(42-65)78-62/h5,7,11,13,17,19,21-22,24-25,27,29,38,40,46-50,52-63,65-68,70-76H,3-4,6,8-10,12,14-16,18,20,23,26,28,30-37,39,41-45H2,1-2H3,(H,64,69)/b7-5-,13-11-,19-17-,22-21-,25-24-,29-27-,40-38+. The minimum atomic E-state index is -1.98. The number of hydrogen-bond donors (Lipinski definition) is 12. The molecule has 0 spiro atoms. The number of amides is 1. The number of aliphatic hydroxyl groups excluding tert-OH is 11. The fraction of sp³-hybridized carbons (Fsp3) is 0.762. The van der Waals surface area contributed by atoms with Crippen LogP contribution in [0, 0.1) is 0 Å². The van der Waals surface area contributed by atoms with Crippen molar-refractivity contribution < 1.29 is 89.4 Å². The van der Waals surface area contributed by atoms with Crippen molar-refractivity contribution in [3.05, 3.63) is 85.1 Å². The quantitative estimate of drug-likeness (QED) is 0.0247. The third-order valence-corrected chi connectivity index (χ3v) is 14.9. The van der Waals surface area contributed by atoms with Crippen molar-refractivity contribution in [2.75, 3.05) is 26.4 Å². The molecular weight excluding hydrogens is 1060 g/mol. The highest BCUT2D eigenvalue weighted by Gasteiger charge is 2.53. The number of allylic oxidation sites excluding steroid dienone is 13. The van der Waals surface area contributed by atoms with E-state index in [4.69, 9.17) is 28.4 Å². The summed E-state index contributed by atoms with van der Waals surface area (Å²) in [5.74, 6) is -0.305. The van der Waals surface area contributed by atoms with Gasteiger partial charge in [-0.3, -0.25) is 4.79 Å². The molecule has 472 valence electrons. The monoisotopic (exact) mass is 1170 g/mol. The highest BCUT2D eigenvalue weighted by atomic mass is 16.8. The molecule has 3 heterocycles. The van der Waals surface area contributed by atoms with Gasteiger partial charge in [0.1, 0.15) is 73.2 Å². The first-order valence-corrected chi connectivity index (χ1v) is 30.8. The SMILES string of the molecule is CC/C=C\C/C=C\C/C=C\C/C=C\C/C=C\C/C=C\CCCCCCC(=O)NC(COC1OC(CO)C(OC2OC(CO)C(OC3OC(CO)C(O)C(O)C3O)C(O)C2O)C(O)C1O)C(O)/C=C/CCCCCCCCCCCCCC. The Morgan fingerprint density at radius 3 is 1.32 bits per heavy atom. The van der Waals surface area contributed by atoms with Crippen LogP contribution >= 0.6 is 0 Å². The van der Waals surface area contributed by atoms with Crippen LogP contribution in [0.25, 0.3) is 0 Å². The zero-order valence-electron chi connectivity index (χ0n) is 49.2. The molecule has 19 nitrogen and oxygen atoms in total. The van der Waals surface area contributed by atoms with E-state index in [1.165, 1.54) is 57.8 Å². The Morgan fingerprint density at radius 1 is 0.451 bits per heavy atom. The molecule has 1 amide bonds. The Balaban J connectivity index is 1.50. The van der Waals surface area contributed by atoms with Gasteiger partial charge in [-0.1, -0.05) is 182 Å². The van der Waals surface area contributed by atoms with Gasteiger partial charge in [0.05, 0.1) is 38.6 Å². The average molecular weight is 1170 g/mol. The molecule has 0 aromatic heterocycles. The molecule has 17 atom stereocenters. The number of carbonyl (C=O) groups is 1. The maximum absolute atomic E-state index is 13.3. The summed E-state index contributed by atoms with van der Waals surface area (Å²) in [5.41, 5.74) is 0. The van der Waals surface area contributed by atoms with Crippen LogP contribution in [0.3, 0.4) is 0 Å². The van der Waals surface area contributed by atoms with Gasteiger partial charge in [0.15, 0.2) is 18.9 Å². The molecule has 0 saturated carbocycles. The van der Waals surface area contributed by atoms with Crippen molar-refractivity contribution >= 4 is 5.91 Å². The molecule has 0 aromatic carbocycles. The van der Waals surface area contributed by atoms with Gasteiger partial charge in [-0.15, -0.1) is 0 Å². The molecule has 0 aromatic rings. The average Bonchev–Trinajstić information content (AvgIpc) is 3.14. The van der Waals surface area contributed by atoms with Crippen molar-refractivity contribution in [2.24, 2.45) is 0 Å². The van der Waals surface area contributed by atoms with Crippen LogP contribution in [-0.2, 0) is 33.2 Å². The Bertz CT molecular complexity index is 1820. The lowest BCUT2D eigenvalue weighted by molar-refractivity contribution is -0.379. The van der Waals surface area contributed by atoms with Crippen LogP contribution < -0.4 is 5.32 Å². The second-order valence-electron chi connectivity index (χ2n) is 21.8. The smallest absolute Gasteiger partial charge is 0.220 e. The van der Waals surface area contributed by atoms with Gasteiger partial charge in [-0.2, -0.15) is 0 Å². The zero-order chi connectivity index (χ0) is 59.7. The summed E-state index contributed by atoms with van der Waals surface area (Å²) < 4.78 is 34.2. The third kappa shape index (κ3) is 28.4. The normalized spacial score (nSPS) is 30.2. The number of aliphatic hydroxyl groups is 11. The molecule has 19 heteroatoms. The van der Waals surface area contributed by atoms with Gasteiger partial charge in [0.25, 0.3) is 0 Å². The highest BCUT2D eigenvalue weighted by molar-refractivity contribution is 5.76. The van der Waals surface area contributed by atoms with Crippen molar-refractivity contribution in [3.8, 4) is 0 Å². The van der Waals surface area contributed by atoms with Crippen molar-refractivity contribution in [3.63, 3.8) is 0 Å². The predicted octanol–water partition coefficient (Wildman–Crippen LogP) is 5.98. The third-order valence-electron chi connectivity index (χ3n) is 14.9. The molecule has 3 rings (SSSR count). The first-order valence-electron chi connectivity index (χ1n) is 30.8. The Labute approximate surface area is 489 Å². The van der Waals surface area contributed by atoms with Crippen molar-refractivity contribution in [2.45, 2.75) is 279 Å². The lowest BCUT2D eigenvalue weighted by Gasteiger charge is -2.48. The summed E-state index contributed by atoms with van der Waals surface area (Å²) in [6.45, 7) is 1.56. The van der Waals surface area contributed by atoms with E-state index < -0.39 is 124 Å². The topological polar surface area (TPSA) is 307 Å². The number of hydrogen-bond acceptors (Lipinski definition) is 18. The fourth-order valence-electron chi connectivity index (χ4n) is 9.90. The zero-order valence-corrected chi connectivity index (χ0v) is 49.2. The Morgan fingerprint density at radius 2 is 0.841 bits per heavy atom. The van der Waals surface area contributed by atoms with E-state index in [0.29, 0.717) is 6.42 Å². The van der Waals surface area contributed by atoms with Crippen LogP contribution in [0.1, 0.15) is 174 Å². The van der Waals surface area contributed by atoms with Crippen LogP contribution in [0.2, 0.25) is 0 Å². The highest BCUT2D eigenvalue weighted by Crippen LogP contribution is 2.33. The molecule has 0 aliphatic carbocycles. The Kier molecular flexibility index (Phi) is 40.5. The van der Waals surface area contributed by atoms with E-state index in [1.54, 1.807) is 6.08 Å². The molecule has 0 radical (unpaired) electrons. The minimum Gasteiger partial charge on any atom is -0.394 e. The maximum Gasteiger partial charge on any atom is 0.220 e. The first-order chi connectivity index (χ1) is 39.8. The van der Waals surface area contributed by atoms with Crippen LogP contribution in [0.5, 0.6) is 0 Å². The van der Waals surface area contributed by atoms with Gasteiger partial charge < -0.3 is 89.9 Å². The minimum absolute atomic E-state index is 0.208. The van der Waals surface area contributed by atoms with Crippen molar-refractivity contribution in [1.29, 1.82) is 0 Å². The lowest BCUT2D eigenvalue weighted by Crippen LogP contribution is -2.66. The van der Waals surface area contributed by atoms with Gasteiger partial charge in [-0.25, -0.2) is 0 Å². The number of carbonyl (C=O) groups excluding carboxylic acids is 1. The van der Waals surface area contributed by atoms with E-state index >= 15 is 0 Å². The van der Waals surface area contributed by atoms with Gasteiger partial charge in [0, 0.05) is 6.42 Å². The molecule has 82 heavy (non-hydrogen) atoms. The number of ether oxygens (including phenoxy) is 6. The van der Waals surface area contributed by atoms with Crippen LogP contribution in [0.15, 0.2) is 85.1 Å². The summed E-state index contributed by atoms with van der Waals surface area (Å²) in [7, 11) is 0. The number of unbranched alkanes of at least 4 members (excludes halogenated alkanes) is 16. The first kappa shape index (κ1) is 73.2. The molecule has 3 aliphatic rings. The molecular formula is C63H107NO18. The fourth-order valence-corrected chi connectivity index (χ4v) is 9.90. The van der Waals surface area contributed by atoms with Crippen molar-refractivity contribution in [1.82, 2.24) is 5.32 Å². The van der Waals surface area contributed by atoms with Gasteiger partial charge in [-0.05, 0) is 70.6 Å². The predicted molar refractivity (Wildman–Crippen MR) is 314 cm³/mol. The molecule has 3 aliphatic heterocycles. The number of rotatable bonds is 44. The van der Waals surface area contributed by atoms with Crippen LogP contribution in [-0.4, -0.2) is 193 Å². The molecule has 12 N–H and O–H groups in total. The molecule has 0 bridgehead atoms. The van der Waals surface area contributed by atoms with E-state index in [-0.39, 0.29) is 18.9 Å². The summed E-state index contributed by atoms with van der Waals surface area (Å²) in [5, 5.41) is 120. The van der Waals surface area contributed by atoms with E-state index in [0.717, 1.165) is 89.9 Å². The molecule has 3 saturated heterocycles. The summed E-state index contributed by atoms with van der Waals surface area (Å²) in [4.78, 5) is 13.3. The van der Waals surface area contributed by atoms with E-state index in [2.05, 4.69) is 92.1 Å². The molecule has 17 unspecified atom stereocenters.